The Morgan fingerprint density at radius 3 is 1.42 bits per heavy atom. The molecule has 0 aliphatic carbocycles. The molecule has 0 fully saturated rings. The normalized spacial score (nSPS) is 13.5. The van der Waals surface area contributed by atoms with Crippen molar-refractivity contribution >= 4 is 11.9 Å². The van der Waals surface area contributed by atoms with E-state index in [0.29, 0.717) is 25.7 Å². The van der Waals surface area contributed by atoms with Crippen LogP contribution in [0, 0.1) is 0 Å². The molecular formula is C43H82O7. The largest absolute Gasteiger partial charge is 0.462 e. The smallest absolute Gasteiger partial charge is 0.306 e. The number of esters is 2. The van der Waals surface area contributed by atoms with Gasteiger partial charge >= 0.3 is 11.9 Å². The lowest BCUT2D eigenvalue weighted by molar-refractivity contribution is -0.161. The fourth-order valence-electron chi connectivity index (χ4n) is 6.34. The number of carbonyl (C=O) groups is 2. The van der Waals surface area contributed by atoms with Gasteiger partial charge in [-0.2, -0.15) is 0 Å². The fraction of sp³-hybridized carbons (Fsp3) is 0.907. The molecular weight excluding hydrogens is 628 g/mol. The molecule has 0 saturated heterocycles. The number of aliphatic hydroxyl groups is 3. The quantitative estimate of drug-likeness (QED) is 0.0330. The van der Waals surface area contributed by atoms with Crippen molar-refractivity contribution in [2.75, 3.05) is 13.2 Å². The van der Waals surface area contributed by atoms with Crippen molar-refractivity contribution < 1.29 is 34.4 Å². The topological polar surface area (TPSA) is 113 Å². The monoisotopic (exact) mass is 711 g/mol. The maximum absolute atomic E-state index is 12.2. The Hall–Kier alpha value is -1.44. The molecule has 0 bridgehead atoms. The van der Waals surface area contributed by atoms with Crippen LogP contribution in [0.4, 0.5) is 0 Å². The Balaban J connectivity index is 3.60. The van der Waals surface area contributed by atoms with E-state index in [1.54, 1.807) is 0 Å². The van der Waals surface area contributed by atoms with Crippen LogP contribution < -0.4 is 0 Å². The van der Waals surface area contributed by atoms with E-state index in [4.69, 9.17) is 9.47 Å². The van der Waals surface area contributed by atoms with E-state index >= 15 is 0 Å². The third kappa shape index (κ3) is 35.0. The summed E-state index contributed by atoms with van der Waals surface area (Å²) in [5.74, 6) is -0.692. The minimum Gasteiger partial charge on any atom is -0.462 e. The number of carbonyl (C=O) groups excluding carboxylic acids is 2. The molecule has 0 rings (SSSR count). The van der Waals surface area contributed by atoms with E-state index in [9.17, 15) is 24.9 Å². The molecule has 0 aromatic heterocycles. The summed E-state index contributed by atoms with van der Waals surface area (Å²) in [4.78, 5) is 24.3. The summed E-state index contributed by atoms with van der Waals surface area (Å²) in [5, 5.41) is 29.9. The lowest BCUT2D eigenvalue weighted by Crippen LogP contribution is -2.28. The first-order valence-electron chi connectivity index (χ1n) is 21.4. The second-order valence-corrected chi connectivity index (χ2v) is 14.7. The van der Waals surface area contributed by atoms with Gasteiger partial charge in [-0.3, -0.25) is 9.59 Å². The van der Waals surface area contributed by atoms with Crippen molar-refractivity contribution in [1.82, 2.24) is 0 Å². The van der Waals surface area contributed by atoms with E-state index < -0.39 is 18.3 Å². The highest BCUT2D eigenvalue weighted by molar-refractivity contribution is 5.70. The summed E-state index contributed by atoms with van der Waals surface area (Å²) >= 11 is 0. The van der Waals surface area contributed by atoms with Crippen molar-refractivity contribution in [2.45, 2.75) is 238 Å². The zero-order valence-corrected chi connectivity index (χ0v) is 32.9. The van der Waals surface area contributed by atoms with Crippen molar-refractivity contribution in [3.63, 3.8) is 0 Å². The molecule has 0 unspecified atom stereocenters. The number of aliphatic hydroxyl groups excluding tert-OH is 3. The highest BCUT2D eigenvalue weighted by Crippen LogP contribution is 2.16. The van der Waals surface area contributed by atoms with Crippen molar-refractivity contribution in [3.8, 4) is 0 Å². The molecule has 0 heterocycles. The molecule has 0 spiro atoms. The molecule has 7 nitrogen and oxygen atoms in total. The Morgan fingerprint density at radius 2 is 0.940 bits per heavy atom. The average molecular weight is 711 g/mol. The Morgan fingerprint density at radius 1 is 0.520 bits per heavy atom. The molecule has 0 aliphatic heterocycles. The molecule has 296 valence electrons. The van der Waals surface area contributed by atoms with Crippen LogP contribution in [0.25, 0.3) is 0 Å². The Kier molecular flexibility index (Phi) is 37.7. The first-order valence-corrected chi connectivity index (χ1v) is 21.4. The standard InChI is InChI=1S/C43H82O7/c1-3-5-7-9-11-12-13-14-15-16-17-18-19-20-21-22-23-27-31-35-42(47)49-38-39(37-44)50-43(48)36-32-28-24-26-30-34-41(46)40(45)33-29-25-10-8-6-4-2/h25,29,39-41,44-46H,3-24,26-28,30-38H2,1-2H3/b29-25-/t39-,40-,41-/m0/s1. The molecule has 0 radical (unpaired) electrons. The van der Waals surface area contributed by atoms with Gasteiger partial charge in [0.15, 0.2) is 6.10 Å². The van der Waals surface area contributed by atoms with E-state index in [0.717, 1.165) is 51.4 Å². The summed E-state index contributed by atoms with van der Waals surface area (Å²) in [6.45, 7) is 3.97. The summed E-state index contributed by atoms with van der Waals surface area (Å²) in [7, 11) is 0. The molecule has 0 aromatic rings. The van der Waals surface area contributed by atoms with Crippen LogP contribution in [0.3, 0.4) is 0 Å². The van der Waals surface area contributed by atoms with E-state index in [1.807, 2.05) is 6.08 Å². The SMILES string of the molecule is CCCCC/C=C\C[C@H](O)[C@@H](O)CCCCCCCC(=O)O[C@@H](CO)COC(=O)CCCCCCCCCCCCCCCCCCCCC. The predicted octanol–water partition coefficient (Wildman–Crippen LogP) is 11.2. The van der Waals surface area contributed by atoms with Crippen LogP contribution in [0.15, 0.2) is 12.2 Å². The Labute approximate surface area is 308 Å². The van der Waals surface area contributed by atoms with Crippen LogP contribution in [-0.2, 0) is 19.1 Å². The molecule has 0 aliphatic rings. The van der Waals surface area contributed by atoms with Crippen LogP contribution in [0.2, 0.25) is 0 Å². The van der Waals surface area contributed by atoms with Crippen molar-refractivity contribution in [1.29, 1.82) is 0 Å². The number of hydrogen-bond acceptors (Lipinski definition) is 7. The average Bonchev–Trinajstić information content (AvgIpc) is 3.11. The molecule has 3 atom stereocenters. The first kappa shape index (κ1) is 48.6. The molecule has 3 N–H and O–H groups in total. The van der Waals surface area contributed by atoms with Gasteiger partial charge in [-0.25, -0.2) is 0 Å². The predicted molar refractivity (Wildman–Crippen MR) is 208 cm³/mol. The van der Waals surface area contributed by atoms with Gasteiger partial charge in [0.05, 0.1) is 18.8 Å². The zero-order chi connectivity index (χ0) is 36.8. The lowest BCUT2D eigenvalue weighted by atomic mass is 10.0. The number of hydrogen-bond donors (Lipinski definition) is 3. The van der Waals surface area contributed by atoms with E-state index in [-0.39, 0.29) is 31.6 Å². The van der Waals surface area contributed by atoms with Crippen LogP contribution in [0.1, 0.15) is 219 Å². The number of allylic oxidation sites excluding steroid dienone is 1. The van der Waals surface area contributed by atoms with Gasteiger partial charge in [0, 0.05) is 12.8 Å². The summed E-state index contributed by atoms with van der Waals surface area (Å²) < 4.78 is 10.6. The molecule has 0 amide bonds. The highest BCUT2D eigenvalue weighted by Gasteiger charge is 2.17. The van der Waals surface area contributed by atoms with Crippen molar-refractivity contribution in [3.05, 3.63) is 12.2 Å². The number of ether oxygens (including phenoxy) is 2. The molecule has 50 heavy (non-hydrogen) atoms. The summed E-state index contributed by atoms with van der Waals surface area (Å²) in [6, 6.07) is 0. The molecule has 0 saturated carbocycles. The summed E-state index contributed by atoms with van der Waals surface area (Å²) in [6.07, 6.45) is 37.3. The third-order valence-electron chi connectivity index (χ3n) is 9.76. The zero-order valence-electron chi connectivity index (χ0n) is 32.9. The first-order chi connectivity index (χ1) is 24.4. The van der Waals surface area contributed by atoms with E-state index in [2.05, 4.69) is 19.9 Å². The lowest BCUT2D eigenvalue weighted by Gasteiger charge is -2.16. The number of rotatable bonds is 39. The second-order valence-electron chi connectivity index (χ2n) is 14.7. The minimum atomic E-state index is -0.823. The van der Waals surface area contributed by atoms with Gasteiger partial charge in [-0.15, -0.1) is 0 Å². The fourth-order valence-corrected chi connectivity index (χ4v) is 6.34. The molecule has 0 aromatic carbocycles. The maximum Gasteiger partial charge on any atom is 0.306 e. The minimum absolute atomic E-state index is 0.108. The van der Waals surface area contributed by atoms with Gasteiger partial charge in [-0.1, -0.05) is 180 Å². The van der Waals surface area contributed by atoms with E-state index in [1.165, 1.54) is 122 Å². The van der Waals surface area contributed by atoms with Crippen LogP contribution in [-0.4, -0.2) is 58.8 Å². The number of unbranched alkanes of at least 4 members (excludes halogenated alkanes) is 25. The van der Waals surface area contributed by atoms with Gasteiger partial charge in [0.25, 0.3) is 0 Å². The van der Waals surface area contributed by atoms with Gasteiger partial charge < -0.3 is 24.8 Å². The third-order valence-corrected chi connectivity index (χ3v) is 9.76. The van der Waals surface area contributed by atoms with Crippen LogP contribution >= 0.6 is 0 Å². The van der Waals surface area contributed by atoms with Crippen molar-refractivity contribution in [2.24, 2.45) is 0 Å². The van der Waals surface area contributed by atoms with Gasteiger partial charge in [-0.05, 0) is 38.5 Å². The van der Waals surface area contributed by atoms with Crippen LogP contribution in [0.5, 0.6) is 0 Å². The highest BCUT2D eigenvalue weighted by atomic mass is 16.6. The Bertz CT molecular complexity index is 756. The van der Waals surface area contributed by atoms with Gasteiger partial charge in [0.2, 0.25) is 0 Å². The van der Waals surface area contributed by atoms with Gasteiger partial charge in [0.1, 0.15) is 6.61 Å². The summed E-state index contributed by atoms with van der Waals surface area (Å²) in [5.41, 5.74) is 0. The maximum atomic E-state index is 12.2. The molecule has 7 heteroatoms. The second kappa shape index (κ2) is 38.8.